The minimum atomic E-state index is -3.50. The van der Waals surface area contributed by atoms with E-state index in [4.69, 9.17) is 11.6 Å². The third-order valence-electron chi connectivity index (χ3n) is 2.95. The second-order valence-electron chi connectivity index (χ2n) is 4.53. The Hall–Kier alpha value is -1.51. The molecule has 1 aromatic carbocycles. The molecule has 0 saturated heterocycles. The first-order chi connectivity index (χ1) is 9.88. The highest BCUT2D eigenvalue weighted by atomic mass is 35.5. The molecule has 1 aromatic heterocycles. The molecule has 0 bridgehead atoms. The first-order valence-electron chi connectivity index (χ1n) is 6.09. The van der Waals surface area contributed by atoms with E-state index in [0.717, 1.165) is 6.07 Å². The molecule has 0 amide bonds. The van der Waals surface area contributed by atoms with Crippen LogP contribution in [0.25, 0.3) is 0 Å². The zero-order valence-corrected chi connectivity index (χ0v) is 12.9. The second kappa shape index (κ2) is 6.50. The van der Waals surface area contributed by atoms with Crippen molar-refractivity contribution in [3.63, 3.8) is 0 Å². The molecule has 0 atom stereocenters. The fourth-order valence-electron chi connectivity index (χ4n) is 1.68. The summed E-state index contributed by atoms with van der Waals surface area (Å²) in [6.07, 6.45) is 3.03. The molecule has 1 heterocycles. The van der Waals surface area contributed by atoms with E-state index in [1.807, 2.05) is 0 Å². The summed E-state index contributed by atoms with van der Waals surface area (Å²) in [5.74, 6) is -0.801. The highest BCUT2D eigenvalue weighted by molar-refractivity contribution is 7.88. The van der Waals surface area contributed by atoms with E-state index in [1.54, 1.807) is 4.57 Å². The number of sulfonamides is 1. The van der Waals surface area contributed by atoms with Gasteiger partial charge in [-0.25, -0.2) is 17.1 Å². The summed E-state index contributed by atoms with van der Waals surface area (Å²) in [4.78, 5) is 0. The van der Waals surface area contributed by atoms with Crippen LogP contribution >= 0.6 is 11.6 Å². The molecule has 0 fully saturated rings. The predicted octanol–water partition coefficient (Wildman–Crippen LogP) is 1.53. The summed E-state index contributed by atoms with van der Waals surface area (Å²) in [5, 5.41) is 7.20. The number of rotatable bonds is 6. The molecule has 0 aliphatic heterocycles. The molecule has 0 unspecified atom stereocenters. The highest BCUT2D eigenvalue weighted by Crippen LogP contribution is 2.18. The van der Waals surface area contributed by atoms with Crippen LogP contribution in [0.1, 0.15) is 5.56 Å². The third-order valence-corrected chi connectivity index (χ3v) is 5.07. The smallest absolute Gasteiger partial charge is 0.218 e. The van der Waals surface area contributed by atoms with Gasteiger partial charge in [-0.1, -0.05) is 17.7 Å². The van der Waals surface area contributed by atoms with Crippen molar-refractivity contribution in [1.29, 1.82) is 0 Å². The molecule has 2 aromatic rings. The summed E-state index contributed by atoms with van der Waals surface area (Å²) in [7, 11) is -2.01. The van der Waals surface area contributed by atoms with Crippen LogP contribution in [0.15, 0.2) is 30.9 Å². The number of aromatic nitrogens is 3. The van der Waals surface area contributed by atoms with Crippen molar-refractivity contribution in [2.24, 2.45) is 0 Å². The third kappa shape index (κ3) is 4.23. The molecule has 6 nitrogen and oxygen atoms in total. The van der Waals surface area contributed by atoms with Gasteiger partial charge in [0.25, 0.3) is 0 Å². The van der Waals surface area contributed by atoms with Gasteiger partial charge in [0.05, 0.1) is 10.8 Å². The van der Waals surface area contributed by atoms with Crippen molar-refractivity contribution in [1.82, 2.24) is 19.1 Å². The maximum atomic E-state index is 13.1. The Labute approximate surface area is 127 Å². The number of benzene rings is 1. The molecule has 0 spiro atoms. The van der Waals surface area contributed by atoms with Crippen LogP contribution in [0.3, 0.4) is 0 Å². The van der Waals surface area contributed by atoms with Gasteiger partial charge in [0, 0.05) is 20.1 Å². The van der Waals surface area contributed by atoms with E-state index in [9.17, 15) is 12.8 Å². The molecule has 9 heteroatoms. The van der Waals surface area contributed by atoms with Gasteiger partial charge in [-0.3, -0.25) is 0 Å². The largest absolute Gasteiger partial charge is 0.319 e. The van der Waals surface area contributed by atoms with E-state index < -0.39 is 15.8 Å². The Morgan fingerprint density at radius 1 is 1.33 bits per heavy atom. The summed E-state index contributed by atoms with van der Waals surface area (Å²) in [6, 6.07) is 3.89. The lowest BCUT2D eigenvalue weighted by Crippen LogP contribution is -2.31. The molecule has 114 valence electrons. The topological polar surface area (TPSA) is 68.1 Å². The number of likely N-dealkylation sites (N-methyl/N-ethyl adjacent to an activating group) is 1. The van der Waals surface area contributed by atoms with Crippen molar-refractivity contribution in [3.8, 4) is 0 Å². The van der Waals surface area contributed by atoms with E-state index in [1.165, 1.54) is 36.1 Å². The van der Waals surface area contributed by atoms with E-state index in [-0.39, 0.29) is 17.3 Å². The molecule has 0 radical (unpaired) electrons. The lowest BCUT2D eigenvalue weighted by molar-refractivity contribution is 0.444. The molecule has 21 heavy (non-hydrogen) atoms. The Morgan fingerprint density at radius 2 is 2.00 bits per heavy atom. The van der Waals surface area contributed by atoms with Gasteiger partial charge < -0.3 is 4.57 Å². The molecule has 0 aliphatic carbocycles. The SMILES string of the molecule is CN(CCn1cnnc1)S(=O)(=O)Cc1ccc(F)c(Cl)c1. The minimum absolute atomic E-state index is 0.0881. The van der Waals surface area contributed by atoms with E-state index >= 15 is 0 Å². The molecule has 0 N–H and O–H groups in total. The fraction of sp³-hybridized carbons (Fsp3) is 0.333. The lowest BCUT2D eigenvalue weighted by atomic mass is 10.2. The molecular weight excluding hydrogens is 319 g/mol. The first-order valence-corrected chi connectivity index (χ1v) is 8.07. The first kappa shape index (κ1) is 15.9. The van der Waals surface area contributed by atoms with Gasteiger partial charge in [0.1, 0.15) is 18.5 Å². The maximum Gasteiger partial charge on any atom is 0.218 e. The summed E-state index contributed by atoms with van der Waals surface area (Å²) >= 11 is 5.65. The van der Waals surface area contributed by atoms with Crippen molar-refractivity contribution >= 4 is 21.6 Å². The molecular formula is C12H14ClFN4O2S. The Kier molecular flexibility index (Phi) is 4.92. The van der Waals surface area contributed by atoms with Crippen molar-refractivity contribution in [2.45, 2.75) is 12.3 Å². The van der Waals surface area contributed by atoms with Crippen molar-refractivity contribution in [3.05, 3.63) is 47.3 Å². The van der Waals surface area contributed by atoms with Crippen molar-refractivity contribution in [2.75, 3.05) is 13.6 Å². The molecule has 0 aliphatic rings. The Balaban J connectivity index is 2.01. The summed E-state index contributed by atoms with van der Waals surface area (Å²) < 4.78 is 40.4. The van der Waals surface area contributed by atoms with Gasteiger partial charge in [-0.2, -0.15) is 0 Å². The van der Waals surface area contributed by atoms with Gasteiger partial charge >= 0.3 is 0 Å². The number of hydrogen-bond donors (Lipinski definition) is 0. The Morgan fingerprint density at radius 3 is 2.62 bits per heavy atom. The van der Waals surface area contributed by atoms with Crippen LogP contribution in [0.2, 0.25) is 5.02 Å². The van der Waals surface area contributed by atoms with Crippen LogP contribution in [-0.2, 0) is 22.3 Å². The zero-order chi connectivity index (χ0) is 15.5. The van der Waals surface area contributed by atoms with Crippen LogP contribution in [0.4, 0.5) is 4.39 Å². The number of halogens is 2. The number of nitrogens with zero attached hydrogens (tertiary/aromatic N) is 4. The average molecular weight is 333 g/mol. The fourth-order valence-corrected chi connectivity index (χ4v) is 3.07. The normalized spacial score (nSPS) is 12.0. The minimum Gasteiger partial charge on any atom is -0.319 e. The van der Waals surface area contributed by atoms with E-state index in [0.29, 0.717) is 12.1 Å². The highest BCUT2D eigenvalue weighted by Gasteiger charge is 2.19. The van der Waals surface area contributed by atoms with Crippen LogP contribution in [-0.4, -0.2) is 41.1 Å². The van der Waals surface area contributed by atoms with E-state index in [2.05, 4.69) is 10.2 Å². The molecule has 0 saturated carbocycles. The summed E-state index contributed by atoms with van der Waals surface area (Å²) in [5.41, 5.74) is 0.442. The van der Waals surface area contributed by atoms with Gasteiger partial charge in [0.2, 0.25) is 10.0 Å². The molecule has 2 rings (SSSR count). The van der Waals surface area contributed by atoms with Crippen LogP contribution < -0.4 is 0 Å². The monoisotopic (exact) mass is 332 g/mol. The van der Waals surface area contributed by atoms with Gasteiger partial charge in [0.15, 0.2) is 0 Å². The van der Waals surface area contributed by atoms with Crippen LogP contribution in [0.5, 0.6) is 0 Å². The zero-order valence-electron chi connectivity index (χ0n) is 11.3. The van der Waals surface area contributed by atoms with Crippen LogP contribution in [0, 0.1) is 5.82 Å². The summed E-state index contributed by atoms with van der Waals surface area (Å²) in [6.45, 7) is 0.738. The van der Waals surface area contributed by atoms with Gasteiger partial charge in [-0.15, -0.1) is 10.2 Å². The number of hydrogen-bond acceptors (Lipinski definition) is 4. The van der Waals surface area contributed by atoms with Gasteiger partial charge in [-0.05, 0) is 17.7 Å². The standard InChI is InChI=1S/C12H14ClFN4O2S/c1-17(4-5-18-8-15-16-9-18)21(19,20)7-10-2-3-12(14)11(13)6-10/h2-3,6,8-9H,4-5,7H2,1H3. The predicted molar refractivity (Wildman–Crippen MR) is 76.7 cm³/mol. The maximum absolute atomic E-state index is 13.1. The second-order valence-corrected chi connectivity index (χ2v) is 7.01. The average Bonchev–Trinajstić information content (AvgIpc) is 2.93. The Bertz CT molecular complexity index is 706. The van der Waals surface area contributed by atoms with Crippen molar-refractivity contribution < 1.29 is 12.8 Å². The lowest BCUT2D eigenvalue weighted by Gasteiger charge is -2.17. The quantitative estimate of drug-likeness (QED) is 0.804.